The number of benzene rings is 2. The third-order valence-electron chi connectivity index (χ3n) is 5.94. The number of fused-ring (bicyclic) bond motifs is 1. The molecule has 0 saturated heterocycles. The molecule has 0 radical (unpaired) electrons. The van der Waals surface area contributed by atoms with E-state index >= 15 is 0 Å². The average Bonchev–Trinajstić information content (AvgIpc) is 3.47. The fourth-order valence-corrected chi connectivity index (χ4v) is 4.19. The normalized spacial score (nSPS) is 13.9. The molecule has 2 aromatic heterocycles. The number of H-pyrrole nitrogens is 1. The van der Waals surface area contributed by atoms with E-state index in [2.05, 4.69) is 28.2 Å². The van der Waals surface area contributed by atoms with Gasteiger partial charge in [-0.1, -0.05) is 12.1 Å². The predicted octanol–water partition coefficient (Wildman–Crippen LogP) is 4.86. The largest absolute Gasteiger partial charge is 0.497 e. The molecule has 4 aromatic rings. The summed E-state index contributed by atoms with van der Waals surface area (Å²) in [6.45, 7) is 2.61. The van der Waals surface area contributed by atoms with Crippen LogP contribution in [0.15, 0.2) is 73.3 Å². The highest BCUT2D eigenvalue weighted by atomic mass is 16.5. The molecular weight excluding hydrogens is 388 g/mol. The molecule has 5 rings (SSSR count). The third kappa shape index (κ3) is 3.36. The molecule has 6 nitrogen and oxygen atoms in total. The number of nitrogens with zero attached hydrogens (tertiary/aromatic N) is 3. The van der Waals surface area contributed by atoms with Crippen molar-refractivity contribution in [1.29, 1.82) is 0 Å². The Bertz CT molecular complexity index is 1240. The quantitative estimate of drug-likeness (QED) is 0.510. The van der Waals surface area contributed by atoms with Gasteiger partial charge in [-0.3, -0.25) is 14.9 Å². The molecule has 0 saturated carbocycles. The monoisotopic (exact) mass is 410 g/mol. The van der Waals surface area contributed by atoms with Crippen LogP contribution in [0.5, 0.6) is 5.75 Å². The zero-order valence-electron chi connectivity index (χ0n) is 17.4. The number of rotatable bonds is 5. The summed E-state index contributed by atoms with van der Waals surface area (Å²) in [6, 6.07) is 15.9. The fourth-order valence-electron chi connectivity index (χ4n) is 4.19. The van der Waals surface area contributed by atoms with Crippen molar-refractivity contribution in [3.63, 3.8) is 0 Å². The first-order chi connectivity index (χ1) is 15.2. The minimum Gasteiger partial charge on any atom is -0.497 e. The molecule has 1 aliphatic heterocycles. The number of pyridine rings is 1. The number of carbonyl (C=O) groups excluding carboxylic acids is 1. The van der Waals surface area contributed by atoms with E-state index in [9.17, 15) is 4.79 Å². The number of aromatic nitrogens is 3. The summed E-state index contributed by atoms with van der Waals surface area (Å²) in [6.07, 6.45) is 7.17. The van der Waals surface area contributed by atoms with E-state index in [-0.39, 0.29) is 11.9 Å². The van der Waals surface area contributed by atoms with Gasteiger partial charge in [0, 0.05) is 36.3 Å². The molecule has 31 heavy (non-hydrogen) atoms. The smallest absolute Gasteiger partial charge is 0.255 e. The highest BCUT2D eigenvalue weighted by Crippen LogP contribution is 2.39. The third-order valence-corrected chi connectivity index (χ3v) is 5.94. The van der Waals surface area contributed by atoms with Gasteiger partial charge < -0.3 is 9.64 Å². The van der Waals surface area contributed by atoms with Crippen molar-refractivity contribution in [2.24, 2.45) is 0 Å². The molecule has 0 unspecified atom stereocenters. The van der Waals surface area contributed by atoms with Gasteiger partial charge in [0.15, 0.2) is 0 Å². The SMILES string of the molecule is COc1cccc([C@@H](C)N2Cc3c(cc(-c4cn[nH]c4)cc3-c3ccncc3)C2=O)c1. The second-order valence-electron chi connectivity index (χ2n) is 7.66. The first kappa shape index (κ1) is 19.1. The molecule has 0 bridgehead atoms. The van der Waals surface area contributed by atoms with E-state index in [4.69, 9.17) is 4.74 Å². The lowest BCUT2D eigenvalue weighted by Gasteiger charge is -2.25. The lowest BCUT2D eigenvalue weighted by Crippen LogP contribution is -2.27. The van der Waals surface area contributed by atoms with Crippen molar-refractivity contribution in [3.05, 3.63) is 90.0 Å². The Morgan fingerprint density at radius 3 is 2.58 bits per heavy atom. The number of aromatic amines is 1. The zero-order valence-corrected chi connectivity index (χ0v) is 17.4. The van der Waals surface area contributed by atoms with E-state index in [1.165, 1.54) is 0 Å². The molecule has 0 aliphatic carbocycles. The fraction of sp³-hybridized carbons (Fsp3) is 0.160. The Labute approximate surface area is 180 Å². The van der Waals surface area contributed by atoms with E-state index in [0.717, 1.165) is 44.7 Å². The molecule has 6 heteroatoms. The summed E-state index contributed by atoms with van der Waals surface area (Å²) in [5.41, 5.74) is 6.82. The summed E-state index contributed by atoms with van der Waals surface area (Å²) in [4.78, 5) is 19.6. The molecule has 0 spiro atoms. The molecule has 1 atom stereocenters. The van der Waals surface area contributed by atoms with Gasteiger partial charge in [-0.25, -0.2) is 0 Å². The minimum absolute atomic E-state index is 0.0333. The van der Waals surface area contributed by atoms with Gasteiger partial charge in [0.05, 0.1) is 19.3 Å². The van der Waals surface area contributed by atoms with Gasteiger partial charge >= 0.3 is 0 Å². The average molecular weight is 410 g/mol. The van der Waals surface area contributed by atoms with Crippen LogP contribution in [-0.2, 0) is 6.54 Å². The van der Waals surface area contributed by atoms with Crippen LogP contribution in [0.3, 0.4) is 0 Å². The van der Waals surface area contributed by atoms with Gasteiger partial charge in [-0.05, 0) is 71.1 Å². The number of hydrogen-bond acceptors (Lipinski definition) is 4. The minimum atomic E-state index is -0.0855. The lowest BCUT2D eigenvalue weighted by atomic mass is 9.93. The number of nitrogens with one attached hydrogen (secondary N) is 1. The van der Waals surface area contributed by atoms with E-state index in [0.29, 0.717) is 6.54 Å². The summed E-state index contributed by atoms with van der Waals surface area (Å²) in [7, 11) is 1.65. The Balaban J connectivity index is 1.60. The van der Waals surface area contributed by atoms with Crippen molar-refractivity contribution in [2.75, 3.05) is 7.11 Å². The lowest BCUT2D eigenvalue weighted by molar-refractivity contribution is 0.0715. The van der Waals surface area contributed by atoms with E-state index < -0.39 is 0 Å². The van der Waals surface area contributed by atoms with Crippen LogP contribution in [0.1, 0.15) is 34.5 Å². The summed E-state index contributed by atoms with van der Waals surface area (Å²) in [5, 5.41) is 6.93. The molecule has 0 fully saturated rings. The van der Waals surface area contributed by atoms with Crippen LogP contribution in [0.4, 0.5) is 0 Å². The second-order valence-corrected chi connectivity index (χ2v) is 7.66. The van der Waals surface area contributed by atoms with Gasteiger partial charge in [0.2, 0.25) is 0 Å². The topological polar surface area (TPSA) is 71.1 Å². The van der Waals surface area contributed by atoms with Crippen LogP contribution in [0.25, 0.3) is 22.3 Å². The van der Waals surface area contributed by atoms with Crippen molar-refractivity contribution >= 4 is 5.91 Å². The maximum absolute atomic E-state index is 13.5. The maximum atomic E-state index is 13.5. The Morgan fingerprint density at radius 2 is 1.84 bits per heavy atom. The second kappa shape index (κ2) is 7.72. The Morgan fingerprint density at radius 1 is 1.03 bits per heavy atom. The molecule has 1 amide bonds. The molecule has 2 aromatic carbocycles. The van der Waals surface area contributed by atoms with Gasteiger partial charge in [-0.15, -0.1) is 0 Å². The van der Waals surface area contributed by atoms with Crippen molar-refractivity contribution < 1.29 is 9.53 Å². The number of ether oxygens (including phenoxy) is 1. The molecule has 154 valence electrons. The number of amides is 1. The van der Waals surface area contributed by atoms with Crippen LogP contribution < -0.4 is 4.74 Å². The molecule has 1 N–H and O–H groups in total. The predicted molar refractivity (Wildman–Crippen MR) is 119 cm³/mol. The first-order valence-electron chi connectivity index (χ1n) is 10.2. The zero-order chi connectivity index (χ0) is 21.4. The molecule has 3 heterocycles. The highest BCUT2D eigenvalue weighted by molar-refractivity contribution is 6.02. The standard InChI is InChI=1S/C25H22N4O2/c1-16(18-4-3-5-21(10-18)31-2)29-15-24-22(17-6-8-26-9-7-17)11-19(12-23(24)25(29)30)20-13-27-28-14-20/h3-14,16H,15H2,1-2H3,(H,27,28)/t16-/m1/s1. The van der Waals surface area contributed by atoms with Crippen molar-refractivity contribution in [3.8, 4) is 28.0 Å². The van der Waals surface area contributed by atoms with Crippen molar-refractivity contribution in [1.82, 2.24) is 20.1 Å². The Hall–Kier alpha value is -3.93. The number of hydrogen-bond donors (Lipinski definition) is 1. The molecule has 1 aliphatic rings. The van der Waals surface area contributed by atoms with Crippen LogP contribution >= 0.6 is 0 Å². The highest BCUT2D eigenvalue weighted by Gasteiger charge is 2.34. The first-order valence-corrected chi connectivity index (χ1v) is 10.2. The summed E-state index contributed by atoms with van der Waals surface area (Å²) < 4.78 is 5.37. The van der Waals surface area contributed by atoms with Gasteiger partial charge in [0.1, 0.15) is 5.75 Å². The number of methoxy groups -OCH3 is 1. The van der Waals surface area contributed by atoms with Crippen LogP contribution in [0.2, 0.25) is 0 Å². The maximum Gasteiger partial charge on any atom is 0.255 e. The summed E-state index contributed by atoms with van der Waals surface area (Å²) in [5.74, 6) is 0.819. The summed E-state index contributed by atoms with van der Waals surface area (Å²) >= 11 is 0. The van der Waals surface area contributed by atoms with E-state index in [1.54, 1.807) is 25.7 Å². The van der Waals surface area contributed by atoms with Crippen LogP contribution in [0, 0.1) is 0 Å². The van der Waals surface area contributed by atoms with Crippen LogP contribution in [-0.4, -0.2) is 33.1 Å². The van der Waals surface area contributed by atoms with E-state index in [1.807, 2.05) is 53.6 Å². The Kier molecular flexibility index (Phi) is 4.75. The molecular formula is C25H22N4O2. The van der Waals surface area contributed by atoms with Gasteiger partial charge in [0.25, 0.3) is 5.91 Å². The van der Waals surface area contributed by atoms with Crippen molar-refractivity contribution in [2.45, 2.75) is 19.5 Å². The number of carbonyl (C=O) groups is 1. The van der Waals surface area contributed by atoms with Gasteiger partial charge in [-0.2, -0.15) is 5.10 Å².